The molecule has 0 aliphatic heterocycles. The highest BCUT2D eigenvalue weighted by Gasteiger charge is 2.34. The Morgan fingerprint density at radius 2 is 1.89 bits per heavy atom. The number of hydrogen-bond acceptors (Lipinski definition) is 2. The van der Waals surface area contributed by atoms with Gasteiger partial charge in [-0.25, -0.2) is 9.37 Å². The highest BCUT2D eigenvalue weighted by Crippen LogP contribution is 2.32. The van der Waals surface area contributed by atoms with Gasteiger partial charge in [0, 0.05) is 5.39 Å². The van der Waals surface area contributed by atoms with Gasteiger partial charge >= 0.3 is 0 Å². The van der Waals surface area contributed by atoms with Crippen molar-refractivity contribution >= 4 is 22.5 Å². The quantitative estimate of drug-likeness (QED) is 0.550. The Hall–Kier alpha value is -3.01. The third-order valence-corrected chi connectivity index (χ3v) is 4.91. The van der Waals surface area contributed by atoms with Crippen LogP contribution in [0.3, 0.4) is 0 Å². The van der Waals surface area contributed by atoms with Crippen LogP contribution in [0.25, 0.3) is 10.9 Å². The third kappa shape index (κ3) is 4.28. The molecule has 2 aromatic carbocycles. The molecular formula is C24H25FN2O. The molecule has 0 spiro atoms. The van der Waals surface area contributed by atoms with Crippen LogP contribution in [0.2, 0.25) is 0 Å². The number of allylic oxidation sites excluding steroid dienone is 1. The zero-order valence-electron chi connectivity index (χ0n) is 16.6. The number of aromatic nitrogens is 1. The van der Waals surface area contributed by atoms with Gasteiger partial charge < -0.3 is 5.32 Å². The highest BCUT2D eigenvalue weighted by molar-refractivity contribution is 5.97. The number of anilines is 1. The number of benzene rings is 2. The van der Waals surface area contributed by atoms with Crippen LogP contribution in [-0.2, 0) is 11.2 Å². The Morgan fingerprint density at radius 1 is 1.18 bits per heavy atom. The second kappa shape index (κ2) is 7.93. The van der Waals surface area contributed by atoms with E-state index in [1.165, 1.54) is 6.07 Å². The molecule has 0 saturated heterocycles. The topological polar surface area (TPSA) is 42.0 Å². The van der Waals surface area contributed by atoms with Crippen molar-refractivity contribution in [3.63, 3.8) is 0 Å². The van der Waals surface area contributed by atoms with Crippen molar-refractivity contribution in [3.05, 3.63) is 83.8 Å². The first kappa shape index (κ1) is 19.7. The van der Waals surface area contributed by atoms with Crippen LogP contribution in [0, 0.1) is 18.2 Å². The van der Waals surface area contributed by atoms with Crippen molar-refractivity contribution in [2.45, 2.75) is 33.6 Å². The lowest BCUT2D eigenvalue weighted by atomic mass is 9.77. The lowest BCUT2D eigenvalue weighted by Gasteiger charge is -2.29. The molecule has 144 valence electrons. The largest absolute Gasteiger partial charge is 0.324 e. The fraction of sp³-hybridized carbons (Fsp3) is 0.250. The predicted molar refractivity (Wildman–Crippen MR) is 113 cm³/mol. The highest BCUT2D eigenvalue weighted by atomic mass is 19.1. The molecule has 0 bridgehead atoms. The number of carbonyl (C=O) groups is 1. The Labute approximate surface area is 165 Å². The minimum atomic E-state index is -0.656. The van der Waals surface area contributed by atoms with Gasteiger partial charge in [-0.3, -0.25) is 4.79 Å². The van der Waals surface area contributed by atoms with Crippen LogP contribution in [0.5, 0.6) is 0 Å². The van der Waals surface area contributed by atoms with E-state index < -0.39 is 5.41 Å². The number of carbonyl (C=O) groups excluding carboxylic acids is 1. The van der Waals surface area contributed by atoms with Crippen molar-refractivity contribution < 1.29 is 9.18 Å². The summed E-state index contributed by atoms with van der Waals surface area (Å²) in [7, 11) is 0. The predicted octanol–water partition coefficient (Wildman–Crippen LogP) is 5.84. The normalized spacial score (nSPS) is 13.1. The Morgan fingerprint density at radius 3 is 2.57 bits per heavy atom. The van der Waals surface area contributed by atoms with Gasteiger partial charge in [-0.2, -0.15) is 0 Å². The molecule has 0 fully saturated rings. The third-order valence-electron chi connectivity index (χ3n) is 4.91. The van der Waals surface area contributed by atoms with Crippen molar-refractivity contribution in [1.82, 2.24) is 4.98 Å². The number of halogens is 1. The zero-order chi connectivity index (χ0) is 20.3. The van der Waals surface area contributed by atoms with Gasteiger partial charge in [-0.1, -0.05) is 55.0 Å². The minimum Gasteiger partial charge on any atom is -0.324 e. The molecule has 0 radical (unpaired) electrons. The summed E-state index contributed by atoms with van der Waals surface area (Å²) in [6, 6.07) is 16.5. The number of rotatable bonds is 6. The van der Waals surface area contributed by atoms with E-state index in [-0.39, 0.29) is 11.7 Å². The molecule has 1 atom stereocenters. The lowest BCUT2D eigenvalue weighted by Crippen LogP contribution is -2.36. The summed E-state index contributed by atoms with van der Waals surface area (Å²) < 4.78 is 14.0. The van der Waals surface area contributed by atoms with Crippen LogP contribution in [-0.4, -0.2) is 10.9 Å². The van der Waals surface area contributed by atoms with Crippen LogP contribution >= 0.6 is 0 Å². The summed E-state index contributed by atoms with van der Waals surface area (Å²) >= 11 is 0. The molecule has 1 N–H and O–H groups in total. The molecule has 1 heterocycles. The summed E-state index contributed by atoms with van der Waals surface area (Å²) in [5, 5.41) is 3.68. The zero-order valence-corrected chi connectivity index (χ0v) is 16.6. The van der Waals surface area contributed by atoms with E-state index in [4.69, 9.17) is 0 Å². The maximum atomic E-state index is 14.0. The monoisotopic (exact) mass is 376 g/mol. The van der Waals surface area contributed by atoms with E-state index in [1.54, 1.807) is 25.1 Å². The average Bonchev–Trinajstić information content (AvgIpc) is 2.63. The number of nitrogens with one attached hydrogen (secondary N) is 1. The van der Waals surface area contributed by atoms with E-state index >= 15 is 0 Å². The van der Waals surface area contributed by atoms with Crippen LogP contribution < -0.4 is 5.32 Å². The van der Waals surface area contributed by atoms with Crippen molar-refractivity contribution in [1.29, 1.82) is 0 Å². The van der Waals surface area contributed by atoms with Gasteiger partial charge in [0.1, 0.15) is 11.3 Å². The lowest BCUT2D eigenvalue weighted by molar-refractivity contribution is -0.124. The summed E-state index contributed by atoms with van der Waals surface area (Å²) in [6.45, 7) is 9.66. The van der Waals surface area contributed by atoms with Crippen LogP contribution in [0.1, 0.15) is 31.5 Å². The Kier molecular flexibility index (Phi) is 5.59. The SMILES string of the molecule is C=C(C)C[C@@](C)(Cc1ccccc1)C(=O)Nc1cc2cccc(F)c2nc1C. The molecule has 0 aliphatic carbocycles. The van der Waals surface area contributed by atoms with Crippen LogP contribution in [0.4, 0.5) is 10.1 Å². The number of nitrogens with zero attached hydrogens (tertiary/aromatic N) is 1. The number of aryl methyl sites for hydroxylation is 1. The van der Waals surface area contributed by atoms with Gasteiger partial charge in [0.25, 0.3) is 0 Å². The van der Waals surface area contributed by atoms with Crippen molar-refractivity contribution in [2.24, 2.45) is 5.41 Å². The van der Waals surface area contributed by atoms with Crippen molar-refractivity contribution in [2.75, 3.05) is 5.32 Å². The second-order valence-corrected chi connectivity index (χ2v) is 7.74. The number of para-hydroxylation sites is 1. The fourth-order valence-corrected chi connectivity index (χ4v) is 3.59. The molecule has 0 saturated carbocycles. The number of hydrogen-bond donors (Lipinski definition) is 1. The number of fused-ring (bicyclic) bond motifs is 1. The standard InChI is InChI=1S/C24H25FN2O/c1-16(2)14-24(4,15-18-9-6-5-7-10-18)23(28)27-21-13-19-11-8-12-20(25)22(19)26-17(21)3/h5-13H,1,14-15H2,2-4H3,(H,27,28)/t24-/m0/s1. The Balaban J connectivity index is 1.92. The molecular weight excluding hydrogens is 351 g/mol. The van der Waals surface area contributed by atoms with E-state index in [2.05, 4.69) is 16.9 Å². The smallest absolute Gasteiger partial charge is 0.231 e. The molecule has 1 aromatic heterocycles. The molecule has 3 aromatic rings. The van der Waals surface area contributed by atoms with Gasteiger partial charge in [0.05, 0.1) is 16.8 Å². The molecule has 4 heteroatoms. The maximum Gasteiger partial charge on any atom is 0.231 e. The first-order chi connectivity index (χ1) is 13.3. The van der Waals surface area contributed by atoms with E-state index in [9.17, 15) is 9.18 Å². The molecule has 28 heavy (non-hydrogen) atoms. The Bertz CT molecular complexity index is 1030. The number of amides is 1. The fourth-order valence-electron chi connectivity index (χ4n) is 3.59. The molecule has 3 nitrogen and oxygen atoms in total. The molecule has 1 amide bonds. The number of pyridine rings is 1. The maximum absolute atomic E-state index is 14.0. The van der Waals surface area contributed by atoms with Gasteiger partial charge in [0.2, 0.25) is 5.91 Å². The summed E-state index contributed by atoms with van der Waals surface area (Å²) in [4.78, 5) is 17.6. The molecule has 3 rings (SSSR count). The van der Waals surface area contributed by atoms with Gasteiger partial charge in [0.15, 0.2) is 0 Å². The van der Waals surface area contributed by atoms with E-state index in [0.717, 1.165) is 11.1 Å². The van der Waals surface area contributed by atoms with Gasteiger partial charge in [-0.15, -0.1) is 6.58 Å². The first-order valence-electron chi connectivity index (χ1n) is 9.34. The second-order valence-electron chi connectivity index (χ2n) is 7.74. The molecule has 0 unspecified atom stereocenters. The van der Waals surface area contributed by atoms with E-state index in [0.29, 0.717) is 35.1 Å². The van der Waals surface area contributed by atoms with E-state index in [1.807, 2.05) is 44.2 Å². The average molecular weight is 376 g/mol. The van der Waals surface area contributed by atoms with Crippen molar-refractivity contribution in [3.8, 4) is 0 Å². The summed E-state index contributed by atoms with van der Waals surface area (Å²) in [6.07, 6.45) is 1.17. The first-order valence-corrected chi connectivity index (χ1v) is 9.34. The minimum absolute atomic E-state index is 0.0972. The van der Waals surface area contributed by atoms with Gasteiger partial charge in [-0.05, 0) is 44.4 Å². The summed E-state index contributed by atoms with van der Waals surface area (Å²) in [5.41, 5.74) is 2.89. The molecule has 0 aliphatic rings. The summed E-state index contributed by atoms with van der Waals surface area (Å²) in [5.74, 6) is -0.463. The van der Waals surface area contributed by atoms with Crippen LogP contribution in [0.15, 0.2) is 66.7 Å².